The van der Waals surface area contributed by atoms with E-state index in [1.54, 1.807) is 0 Å². The zero-order valence-electron chi connectivity index (χ0n) is 13.0. The van der Waals surface area contributed by atoms with Gasteiger partial charge in [-0.05, 0) is 38.4 Å². The molecule has 0 aliphatic heterocycles. The van der Waals surface area contributed by atoms with Crippen LogP contribution in [0.15, 0.2) is 34.7 Å². The number of nitrogens with two attached hydrogens (primary N) is 1. The molecule has 1 heterocycles. The molecule has 20 heavy (non-hydrogen) atoms. The predicted molar refractivity (Wildman–Crippen MR) is 84.7 cm³/mol. The molecule has 0 radical (unpaired) electrons. The van der Waals surface area contributed by atoms with E-state index in [2.05, 4.69) is 44.9 Å². The third-order valence-electron chi connectivity index (χ3n) is 3.86. The first-order chi connectivity index (χ1) is 9.47. The van der Waals surface area contributed by atoms with Crippen LogP contribution in [0.5, 0.6) is 0 Å². The van der Waals surface area contributed by atoms with Gasteiger partial charge in [0.2, 0.25) is 0 Å². The second-order valence-corrected chi connectivity index (χ2v) is 6.21. The predicted octanol–water partition coefficient (Wildman–Crippen LogP) is 3.80. The fourth-order valence-electron chi connectivity index (χ4n) is 2.63. The summed E-state index contributed by atoms with van der Waals surface area (Å²) in [4.78, 5) is 2.32. The highest BCUT2D eigenvalue weighted by Gasteiger charge is 2.18. The Morgan fingerprint density at radius 3 is 2.55 bits per heavy atom. The molecule has 1 aromatic carbocycles. The highest BCUT2D eigenvalue weighted by Crippen LogP contribution is 2.23. The van der Waals surface area contributed by atoms with E-state index in [1.807, 2.05) is 18.2 Å². The maximum absolute atomic E-state index is 6.29. The summed E-state index contributed by atoms with van der Waals surface area (Å²) in [6.45, 7) is 7.58. The molecule has 0 aliphatic rings. The fourth-order valence-corrected chi connectivity index (χ4v) is 2.63. The van der Waals surface area contributed by atoms with Crippen LogP contribution < -0.4 is 5.73 Å². The Labute approximate surface area is 121 Å². The summed E-state index contributed by atoms with van der Waals surface area (Å²) in [6, 6.07) is 10.5. The lowest BCUT2D eigenvalue weighted by atomic mass is 10.0. The molecule has 0 bridgehead atoms. The Kier molecular flexibility index (Phi) is 4.84. The fraction of sp³-hybridized carbons (Fsp3) is 0.529. The first-order valence-electron chi connectivity index (χ1n) is 7.41. The number of furan rings is 1. The maximum atomic E-state index is 6.29. The van der Waals surface area contributed by atoms with Gasteiger partial charge in [0.15, 0.2) is 0 Å². The van der Waals surface area contributed by atoms with Crippen molar-refractivity contribution in [3.63, 3.8) is 0 Å². The smallest absolute Gasteiger partial charge is 0.134 e. The number of hydrogen-bond acceptors (Lipinski definition) is 3. The summed E-state index contributed by atoms with van der Waals surface area (Å²) < 4.78 is 5.84. The molecule has 0 aliphatic carbocycles. The molecule has 2 atom stereocenters. The van der Waals surface area contributed by atoms with Crippen LogP contribution >= 0.6 is 0 Å². The molecular weight excluding hydrogens is 248 g/mol. The molecule has 0 saturated heterocycles. The lowest BCUT2D eigenvalue weighted by Crippen LogP contribution is -2.36. The number of hydrogen-bond donors (Lipinski definition) is 1. The van der Waals surface area contributed by atoms with Crippen molar-refractivity contribution < 1.29 is 4.42 Å². The van der Waals surface area contributed by atoms with E-state index >= 15 is 0 Å². The van der Waals surface area contributed by atoms with Crippen molar-refractivity contribution in [2.45, 2.75) is 39.3 Å². The third-order valence-corrected chi connectivity index (χ3v) is 3.86. The van der Waals surface area contributed by atoms with Gasteiger partial charge in [0.05, 0.1) is 6.04 Å². The highest BCUT2D eigenvalue weighted by molar-refractivity contribution is 5.77. The maximum Gasteiger partial charge on any atom is 0.134 e. The number of fused-ring (bicyclic) bond motifs is 1. The highest BCUT2D eigenvalue weighted by atomic mass is 16.3. The molecule has 110 valence electrons. The zero-order chi connectivity index (χ0) is 14.7. The van der Waals surface area contributed by atoms with E-state index in [1.165, 1.54) is 6.42 Å². The van der Waals surface area contributed by atoms with Crippen molar-refractivity contribution in [1.82, 2.24) is 4.90 Å². The molecule has 3 nitrogen and oxygen atoms in total. The van der Waals surface area contributed by atoms with Crippen molar-refractivity contribution in [2.24, 2.45) is 11.7 Å². The lowest BCUT2D eigenvalue weighted by Gasteiger charge is -2.28. The monoisotopic (exact) mass is 274 g/mol. The molecule has 2 aromatic rings. The second kappa shape index (κ2) is 6.42. The standard InChI is InChI=1S/C17H26N2O/c1-12(2)9-13(3)19(4)11-15(18)17-10-14-7-5-6-8-16(14)20-17/h5-8,10,12-13,15H,9,11,18H2,1-4H3. The summed E-state index contributed by atoms with van der Waals surface area (Å²) >= 11 is 0. The zero-order valence-corrected chi connectivity index (χ0v) is 13.0. The van der Waals surface area contributed by atoms with Gasteiger partial charge in [-0.1, -0.05) is 32.0 Å². The van der Waals surface area contributed by atoms with Crippen LogP contribution in [-0.4, -0.2) is 24.5 Å². The summed E-state index contributed by atoms with van der Waals surface area (Å²) in [5.41, 5.74) is 7.21. The topological polar surface area (TPSA) is 42.4 Å². The van der Waals surface area contributed by atoms with Crippen molar-refractivity contribution in [1.29, 1.82) is 0 Å². The second-order valence-electron chi connectivity index (χ2n) is 6.21. The molecule has 0 spiro atoms. The van der Waals surface area contributed by atoms with Gasteiger partial charge in [0, 0.05) is 18.0 Å². The van der Waals surface area contributed by atoms with Gasteiger partial charge in [-0.25, -0.2) is 0 Å². The van der Waals surface area contributed by atoms with Gasteiger partial charge in [0.1, 0.15) is 11.3 Å². The molecule has 2 rings (SSSR count). The van der Waals surface area contributed by atoms with E-state index in [9.17, 15) is 0 Å². The minimum Gasteiger partial charge on any atom is -0.459 e. The molecule has 0 fully saturated rings. The van der Waals surface area contributed by atoms with Crippen LogP contribution in [0.4, 0.5) is 0 Å². The van der Waals surface area contributed by atoms with Crippen LogP contribution in [0, 0.1) is 5.92 Å². The summed E-state index contributed by atoms with van der Waals surface area (Å²) in [6.07, 6.45) is 1.18. The van der Waals surface area contributed by atoms with Gasteiger partial charge >= 0.3 is 0 Å². The van der Waals surface area contributed by atoms with Gasteiger partial charge < -0.3 is 15.1 Å². The van der Waals surface area contributed by atoms with Crippen LogP contribution in [0.25, 0.3) is 11.0 Å². The van der Waals surface area contributed by atoms with Crippen LogP contribution in [0.2, 0.25) is 0 Å². The Morgan fingerprint density at radius 2 is 1.90 bits per heavy atom. The van der Waals surface area contributed by atoms with Gasteiger partial charge in [-0.3, -0.25) is 0 Å². The largest absolute Gasteiger partial charge is 0.459 e. The number of para-hydroxylation sites is 1. The van der Waals surface area contributed by atoms with Crippen LogP contribution in [0.3, 0.4) is 0 Å². The van der Waals surface area contributed by atoms with Crippen LogP contribution in [-0.2, 0) is 0 Å². The van der Waals surface area contributed by atoms with Crippen molar-refractivity contribution >= 4 is 11.0 Å². The van der Waals surface area contributed by atoms with Gasteiger partial charge in [-0.15, -0.1) is 0 Å². The normalized spacial score (nSPS) is 15.2. The first-order valence-corrected chi connectivity index (χ1v) is 7.41. The Morgan fingerprint density at radius 1 is 1.20 bits per heavy atom. The first kappa shape index (κ1) is 15.1. The third kappa shape index (κ3) is 3.62. The number of nitrogens with zero attached hydrogens (tertiary/aromatic N) is 1. The number of benzene rings is 1. The van der Waals surface area contributed by atoms with Crippen molar-refractivity contribution in [3.8, 4) is 0 Å². The van der Waals surface area contributed by atoms with E-state index < -0.39 is 0 Å². The average molecular weight is 274 g/mol. The van der Waals surface area contributed by atoms with E-state index in [-0.39, 0.29) is 6.04 Å². The van der Waals surface area contributed by atoms with E-state index in [4.69, 9.17) is 10.2 Å². The number of rotatable bonds is 6. The quantitative estimate of drug-likeness (QED) is 0.871. The minimum absolute atomic E-state index is 0.0815. The van der Waals surface area contributed by atoms with Crippen molar-refractivity contribution in [3.05, 3.63) is 36.1 Å². The van der Waals surface area contributed by atoms with Gasteiger partial charge in [-0.2, -0.15) is 0 Å². The Balaban J connectivity index is 2.02. The molecule has 0 amide bonds. The average Bonchev–Trinajstić information content (AvgIpc) is 2.81. The van der Waals surface area contributed by atoms with Crippen molar-refractivity contribution in [2.75, 3.05) is 13.6 Å². The molecule has 1 aromatic heterocycles. The lowest BCUT2D eigenvalue weighted by molar-refractivity contribution is 0.210. The minimum atomic E-state index is -0.0815. The summed E-state index contributed by atoms with van der Waals surface area (Å²) in [5.74, 6) is 1.57. The molecule has 3 heteroatoms. The van der Waals surface area contributed by atoms with E-state index in [0.717, 1.165) is 23.3 Å². The van der Waals surface area contributed by atoms with E-state index in [0.29, 0.717) is 12.0 Å². The Bertz CT molecular complexity index is 514. The number of likely N-dealkylation sites (N-methyl/N-ethyl adjacent to an activating group) is 1. The van der Waals surface area contributed by atoms with Gasteiger partial charge in [0.25, 0.3) is 0 Å². The summed E-state index contributed by atoms with van der Waals surface area (Å²) in [5, 5.41) is 1.12. The van der Waals surface area contributed by atoms with Crippen LogP contribution in [0.1, 0.15) is 39.0 Å². The summed E-state index contributed by atoms with van der Waals surface area (Å²) in [7, 11) is 2.13. The molecule has 0 saturated carbocycles. The SMILES string of the molecule is CC(C)CC(C)N(C)CC(N)c1cc2ccccc2o1. The molecular formula is C17H26N2O. The Hall–Kier alpha value is -1.32. The molecule has 2 unspecified atom stereocenters. The molecule has 2 N–H and O–H groups in total.